The van der Waals surface area contributed by atoms with E-state index in [-0.39, 0.29) is 37.5 Å². The third-order valence-electron chi connectivity index (χ3n) is 11.5. The molecule has 0 spiro atoms. The molecular weight excluding hydrogens is 901 g/mol. The van der Waals surface area contributed by atoms with Gasteiger partial charge in [0.05, 0.1) is 0 Å². The highest BCUT2D eigenvalue weighted by atomic mass is 16.6. The number of allylic oxidation sites excluding steroid dienone is 26. The molecule has 0 aliphatic rings. The van der Waals surface area contributed by atoms with Crippen LogP contribution in [0.5, 0.6) is 0 Å². The third-order valence-corrected chi connectivity index (χ3v) is 11.5. The van der Waals surface area contributed by atoms with Gasteiger partial charge in [-0.2, -0.15) is 0 Å². The molecule has 1 unspecified atom stereocenters. The maximum atomic E-state index is 12.9. The molecule has 0 fully saturated rings. The van der Waals surface area contributed by atoms with Gasteiger partial charge in [-0.05, 0) is 141 Å². The van der Waals surface area contributed by atoms with Crippen molar-refractivity contribution in [3.05, 3.63) is 158 Å². The molecule has 0 amide bonds. The second kappa shape index (κ2) is 59.6. The molecule has 73 heavy (non-hydrogen) atoms. The van der Waals surface area contributed by atoms with Crippen LogP contribution < -0.4 is 0 Å². The van der Waals surface area contributed by atoms with Crippen molar-refractivity contribution in [2.24, 2.45) is 0 Å². The summed E-state index contributed by atoms with van der Waals surface area (Å²) in [6, 6.07) is 0. The molecule has 0 bridgehead atoms. The molecule has 0 rings (SSSR count). The number of esters is 3. The number of hydrogen-bond donors (Lipinski definition) is 0. The SMILES string of the molecule is CC/C=C\C/C=C\C/C=C\C/C=C\C/C=C\CCCCCCCCCC(=O)OCC(COC(=O)CCCCC/C=C\C/C=C\C/C=C\CC)OC(=O)CCCCC/C=C\C/C=C\C/C=C\C/C=C\C/C=C\CC. The minimum Gasteiger partial charge on any atom is -0.462 e. The Balaban J connectivity index is 4.50. The van der Waals surface area contributed by atoms with E-state index in [4.69, 9.17) is 14.2 Å². The van der Waals surface area contributed by atoms with Crippen LogP contribution in [0.15, 0.2) is 158 Å². The fourth-order valence-electron chi connectivity index (χ4n) is 7.27. The van der Waals surface area contributed by atoms with Crippen molar-refractivity contribution in [2.45, 2.75) is 232 Å². The molecule has 0 aliphatic carbocycles. The smallest absolute Gasteiger partial charge is 0.306 e. The second-order valence-electron chi connectivity index (χ2n) is 18.4. The molecule has 0 heterocycles. The van der Waals surface area contributed by atoms with Crippen LogP contribution in [0.25, 0.3) is 0 Å². The van der Waals surface area contributed by atoms with Gasteiger partial charge in [-0.3, -0.25) is 14.4 Å². The summed E-state index contributed by atoms with van der Waals surface area (Å²) in [5.41, 5.74) is 0. The molecule has 6 heteroatoms. The first-order valence-corrected chi connectivity index (χ1v) is 29.0. The van der Waals surface area contributed by atoms with Crippen LogP contribution in [0, 0.1) is 0 Å². The van der Waals surface area contributed by atoms with Gasteiger partial charge in [-0.25, -0.2) is 0 Å². The zero-order valence-electron chi connectivity index (χ0n) is 46.6. The third kappa shape index (κ3) is 57.8. The van der Waals surface area contributed by atoms with Gasteiger partial charge in [0, 0.05) is 19.3 Å². The van der Waals surface area contributed by atoms with Crippen molar-refractivity contribution in [1.29, 1.82) is 0 Å². The Morgan fingerprint density at radius 3 is 0.781 bits per heavy atom. The van der Waals surface area contributed by atoms with Crippen molar-refractivity contribution in [2.75, 3.05) is 13.2 Å². The molecule has 0 aromatic heterocycles. The van der Waals surface area contributed by atoms with Crippen LogP contribution in [0.4, 0.5) is 0 Å². The molecular formula is C67H104O6. The lowest BCUT2D eigenvalue weighted by Crippen LogP contribution is -2.30. The van der Waals surface area contributed by atoms with Crippen LogP contribution in [-0.2, 0) is 28.6 Å². The van der Waals surface area contributed by atoms with Gasteiger partial charge in [0.15, 0.2) is 6.10 Å². The highest BCUT2D eigenvalue weighted by molar-refractivity contribution is 5.71. The summed E-state index contributed by atoms with van der Waals surface area (Å²) in [6.07, 6.45) is 86.6. The van der Waals surface area contributed by atoms with E-state index >= 15 is 0 Å². The summed E-state index contributed by atoms with van der Waals surface area (Å²) in [5, 5.41) is 0. The molecule has 0 aliphatic heterocycles. The first-order valence-electron chi connectivity index (χ1n) is 29.0. The van der Waals surface area contributed by atoms with Crippen molar-refractivity contribution in [3.63, 3.8) is 0 Å². The van der Waals surface area contributed by atoms with Crippen molar-refractivity contribution in [3.8, 4) is 0 Å². The Labute approximate surface area is 448 Å². The average molecular weight is 1010 g/mol. The van der Waals surface area contributed by atoms with Crippen LogP contribution in [0.2, 0.25) is 0 Å². The molecule has 408 valence electrons. The predicted molar refractivity (Wildman–Crippen MR) is 315 cm³/mol. The molecule has 0 N–H and O–H groups in total. The largest absolute Gasteiger partial charge is 0.462 e. The number of carbonyl (C=O) groups is 3. The van der Waals surface area contributed by atoms with E-state index in [1.165, 1.54) is 25.7 Å². The minimum atomic E-state index is -0.821. The van der Waals surface area contributed by atoms with Crippen molar-refractivity contribution >= 4 is 17.9 Å². The molecule has 0 aromatic carbocycles. The van der Waals surface area contributed by atoms with Crippen LogP contribution >= 0.6 is 0 Å². The number of hydrogen-bond acceptors (Lipinski definition) is 6. The summed E-state index contributed by atoms with van der Waals surface area (Å²) in [6.45, 7) is 6.22. The van der Waals surface area contributed by atoms with Crippen LogP contribution in [0.1, 0.15) is 226 Å². The molecule has 6 nitrogen and oxygen atoms in total. The van der Waals surface area contributed by atoms with Gasteiger partial charge in [-0.15, -0.1) is 0 Å². The van der Waals surface area contributed by atoms with Gasteiger partial charge in [0.2, 0.25) is 0 Å². The Morgan fingerprint density at radius 1 is 0.274 bits per heavy atom. The van der Waals surface area contributed by atoms with E-state index in [2.05, 4.69) is 179 Å². The monoisotopic (exact) mass is 1000 g/mol. The molecule has 0 aromatic rings. The van der Waals surface area contributed by atoms with Gasteiger partial charge in [0.25, 0.3) is 0 Å². The quantitative estimate of drug-likeness (QED) is 0.0261. The number of carbonyl (C=O) groups excluding carboxylic acids is 3. The second-order valence-corrected chi connectivity index (χ2v) is 18.4. The van der Waals surface area contributed by atoms with E-state index in [0.717, 1.165) is 154 Å². The average Bonchev–Trinajstić information content (AvgIpc) is 3.39. The van der Waals surface area contributed by atoms with E-state index < -0.39 is 6.10 Å². The number of rotatable bonds is 50. The minimum absolute atomic E-state index is 0.114. The maximum Gasteiger partial charge on any atom is 0.306 e. The first-order chi connectivity index (χ1) is 36.0. The van der Waals surface area contributed by atoms with Crippen molar-refractivity contribution < 1.29 is 28.6 Å². The van der Waals surface area contributed by atoms with E-state index in [1.807, 2.05) is 0 Å². The fraction of sp³-hybridized carbons (Fsp3) is 0.567. The van der Waals surface area contributed by atoms with Gasteiger partial charge >= 0.3 is 17.9 Å². The summed E-state index contributed by atoms with van der Waals surface area (Å²) in [7, 11) is 0. The zero-order chi connectivity index (χ0) is 52.9. The predicted octanol–water partition coefficient (Wildman–Crippen LogP) is 19.8. The van der Waals surface area contributed by atoms with Crippen molar-refractivity contribution in [1.82, 2.24) is 0 Å². The highest BCUT2D eigenvalue weighted by Gasteiger charge is 2.19. The summed E-state index contributed by atoms with van der Waals surface area (Å²) in [5.74, 6) is -0.996. The highest BCUT2D eigenvalue weighted by Crippen LogP contribution is 2.13. The number of ether oxygens (including phenoxy) is 3. The van der Waals surface area contributed by atoms with Gasteiger partial charge in [-0.1, -0.05) is 224 Å². The summed E-state index contributed by atoms with van der Waals surface area (Å²) in [4.78, 5) is 38.2. The van der Waals surface area contributed by atoms with Gasteiger partial charge < -0.3 is 14.2 Å². The Bertz CT molecular complexity index is 1670. The Kier molecular flexibility index (Phi) is 55.5. The zero-order valence-corrected chi connectivity index (χ0v) is 46.6. The molecule has 0 radical (unpaired) electrons. The molecule has 0 saturated carbocycles. The first kappa shape index (κ1) is 68.0. The molecule has 1 atom stereocenters. The standard InChI is InChI=1S/C67H104O6/c1-4-7-10-13-16-19-22-25-27-29-31-32-33-34-36-37-39-42-45-48-51-54-57-60-66(69)72-63-64(62-71-65(68)59-56-53-50-47-44-41-24-21-18-15-12-9-6-3)73-67(70)61-58-55-52-49-46-43-40-38-35-30-28-26-23-20-17-14-11-8-5-2/h7-12,16-21,25-28,31-32,34-36,38,41,43-44,46,64H,4-6,13-15,22-24,29-30,33,37,39-40,42,45,47-63H2,1-3H3/b10-7-,11-8-,12-9-,19-16-,20-17-,21-18-,27-25-,28-26-,32-31-,36-34-,38-35-,44-41-,46-43-. The summed E-state index contributed by atoms with van der Waals surface area (Å²) >= 11 is 0. The lowest BCUT2D eigenvalue weighted by molar-refractivity contribution is -0.167. The van der Waals surface area contributed by atoms with Gasteiger partial charge in [0.1, 0.15) is 13.2 Å². The summed E-state index contributed by atoms with van der Waals surface area (Å²) < 4.78 is 16.8. The lowest BCUT2D eigenvalue weighted by Gasteiger charge is -2.18. The fourth-order valence-corrected chi connectivity index (χ4v) is 7.27. The molecule has 0 saturated heterocycles. The Morgan fingerprint density at radius 2 is 0.493 bits per heavy atom. The normalized spacial score (nSPS) is 13.3. The topological polar surface area (TPSA) is 78.9 Å². The van der Waals surface area contributed by atoms with Crippen LogP contribution in [-0.4, -0.2) is 37.2 Å². The van der Waals surface area contributed by atoms with E-state index in [9.17, 15) is 14.4 Å². The maximum absolute atomic E-state index is 12.9. The van der Waals surface area contributed by atoms with E-state index in [0.29, 0.717) is 19.3 Å². The number of unbranched alkanes of at least 4 members (excludes halogenated alkanes) is 13. The van der Waals surface area contributed by atoms with E-state index in [1.54, 1.807) is 0 Å². The lowest BCUT2D eigenvalue weighted by atomic mass is 10.1. The van der Waals surface area contributed by atoms with Crippen LogP contribution in [0.3, 0.4) is 0 Å². The Hall–Kier alpha value is -4.97.